The van der Waals surface area contributed by atoms with E-state index in [2.05, 4.69) is 29.1 Å². The van der Waals surface area contributed by atoms with Gasteiger partial charge >= 0.3 is 5.97 Å². The van der Waals surface area contributed by atoms with Gasteiger partial charge in [0, 0.05) is 18.0 Å². The fraction of sp³-hybridized carbons (Fsp3) is 0.579. The molecule has 1 saturated heterocycles. The van der Waals surface area contributed by atoms with Crippen molar-refractivity contribution in [3.8, 4) is 0 Å². The molecule has 1 amide bonds. The molecule has 146 valence electrons. The summed E-state index contributed by atoms with van der Waals surface area (Å²) in [5.74, 6) is 0.918. The van der Waals surface area contributed by atoms with E-state index in [9.17, 15) is 9.59 Å². The number of esters is 1. The summed E-state index contributed by atoms with van der Waals surface area (Å²) in [6.07, 6.45) is 1.59. The Hall–Kier alpha value is -2.22. The Kier molecular flexibility index (Phi) is 5.94. The summed E-state index contributed by atoms with van der Waals surface area (Å²) in [5.41, 5.74) is 1.14. The lowest BCUT2D eigenvalue weighted by Gasteiger charge is -2.31. The van der Waals surface area contributed by atoms with Crippen LogP contribution in [0.25, 0.3) is 10.2 Å². The zero-order chi connectivity index (χ0) is 19.6. The maximum absolute atomic E-state index is 12.7. The highest BCUT2D eigenvalue weighted by atomic mass is 32.1. The molecule has 0 radical (unpaired) electrons. The molecule has 1 aliphatic heterocycles. The Labute approximate surface area is 163 Å². The number of piperidine rings is 1. The third-order valence-corrected chi connectivity index (χ3v) is 6.04. The fourth-order valence-electron chi connectivity index (χ4n) is 3.41. The summed E-state index contributed by atoms with van der Waals surface area (Å²) in [4.78, 5) is 37.5. The van der Waals surface area contributed by atoms with Crippen molar-refractivity contribution in [3.63, 3.8) is 0 Å². The van der Waals surface area contributed by atoms with Crippen LogP contribution in [-0.4, -0.2) is 53.0 Å². The van der Waals surface area contributed by atoms with Gasteiger partial charge < -0.3 is 15.0 Å². The lowest BCUT2D eigenvalue weighted by molar-refractivity contribution is -0.151. The zero-order valence-electron chi connectivity index (χ0n) is 16.3. The molecule has 27 heavy (non-hydrogen) atoms. The Balaban J connectivity index is 1.69. The minimum absolute atomic E-state index is 0.0296. The van der Waals surface area contributed by atoms with Crippen molar-refractivity contribution in [3.05, 3.63) is 16.3 Å². The summed E-state index contributed by atoms with van der Waals surface area (Å²) >= 11 is 1.64. The topological polar surface area (TPSA) is 84.4 Å². The van der Waals surface area contributed by atoms with E-state index >= 15 is 0 Å². The van der Waals surface area contributed by atoms with Gasteiger partial charge in [-0.2, -0.15) is 0 Å². The largest absolute Gasteiger partial charge is 0.466 e. The standard InChI is InChI=1S/C19H26N4O3S/c1-5-26-19(25)14-7-6-8-23(10-14)15(24)9-20-17-16-11(2)12(3)27-18(16)22-13(4)21-17/h14H,5-10H2,1-4H3,(H,20,21,22). The average Bonchev–Trinajstić information content (AvgIpc) is 2.93. The van der Waals surface area contributed by atoms with Gasteiger partial charge in [-0.3, -0.25) is 9.59 Å². The lowest BCUT2D eigenvalue weighted by Crippen LogP contribution is -2.45. The molecular weight excluding hydrogens is 364 g/mol. The number of carbonyl (C=O) groups excluding carboxylic acids is 2. The van der Waals surface area contributed by atoms with E-state index < -0.39 is 0 Å². The van der Waals surface area contributed by atoms with Gasteiger partial charge in [0.1, 0.15) is 16.5 Å². The number of amides is 1. The van der Waals surface area contributed by atoms with Crippen molar-refractivity contribution in [2.45, 2.75) is 40.5 Å². The number of likely N-dealkylation sites (tertiary alicyclic amines) is 1. The average molecular weight is 391 g/mol. The number of thiophene rings is 1. The van der Waals surface area contributed by atoms with Crippen LogP contribution in [0, 0.1) is 26.7 Å². The molecule has 1 aliphatic rings. The van der Waals surface area contributed by atoms with E-state index in [1.807, 2.05) is 6.92 Å². The molecule has 1 atom stereocenters. The first-order chi connectivity index (χ1) is 12.9. The van der Waals surface area contributed by atoms with Gasteiger partial charge in [-0.25, -0.2) is 9.97 Å². The van der Waals surface area contributed by atoms with Gasteiger partial charge in [-0.05, 0) is 46.1 Å². The first kappa shape index (κ1) is 19.5. The van der Waals surface area contributed by atoms with E-state index in [-0.39, 0.29) is 24.3 Å². The van der Waals surface area contributed by atoms with Crippen LogP contribution in [0.5, 0.6) is 0 Å². The Morgan fingerprint density at radius 3 is 2.81 bits per heavy atom. The van der Waals surface area contributed by atoms with Crippen molar-refractivity contribution in [1.29, 1.82) is 0 Å². The summed E-state index contributed by atoms with van der Waals surface area (Å²) in [6, 6.07) is 0. The molecular formula is C19H26N4O3S. The predicted octanol–water partition coefficient (Wildman–Crippen LogP) is 2.83. The number of nitrogens with zero attached hydrogens (tertiary/aromatic N) is 3. The molecule has 3 rings (SSSR count). The van der Waals surface area contributed by atoms with E-state index in [4.69, 9.17) is 4.74 Å². The van der Waals surface area contributed by atoms with Gasteiger partial charge in [0.25, 0.3) is 0 Å². The van der Waals surface area contributed by atoms with Crippen molar-refractivity contribution in [2.24, 2.45) is 5.92 Å². The summed E-state index contributed by atoms with van der Waals surface area (Å²) < 4.78 is 5.11. The van der Waals surface area contributed by atoms with E-state index in [0.29, 0.717) is 31.3 Å². The molecule has 2 aromatic rings. The van der Waals surface area contributed by atoms with E-state index in [0.717, 1.165) is 28.6 Å². The zero-order valence-corrected chi connectivity index (χ0v) is 17.1. The summed E-state index contributed by atoms with van der Waals surface area (Å²) in [6.45, 7) is 9.38. The molecule has 0 aromatic carbocycles. The predicted molar refractivity (Wildman–Crippen MR) is 106 cm³/mol. The van der Waals surface area contributed by atoms with E-state index in [1.165, 1.54) is 4.88 Å². The number of aryl methyl sites for hydroxylation is 3. The van der Waals surface area contributed by atoms with Crippen molar-refractivity contribution in [1.82, 2.24) is 14.9 Å². The van der Waals surface area contributed by atoms with Gasteiger partial charge in [0.2, 0.25) is 5.91 Å². The number of fused-ring (bicyclic) bond motifs is 1. The second-order valence-corrected chi connectivity index (χ2v) is 8.07. The maximum Gasteiger partial charge on any atom is 0.310 e. The van der Waals surface area contributed by atoms with Crippen molar-refractivity contribution in [2.75, 3.05) is 31.6 Å². The smallest absolute Gasteiger partial charge is 0.310 e. The van der Waals surface area contributed by atoms with Crippen LogP contribution < -0.4 is 5.32 Å². The van der Waals surface area contributed by atoms with Crippen molar-refractivity contribution < 1.29 is 14.3 Å². The number of carbonyl (C=O) groups is 2. The monoisotopic (exact) mass is 390 g/mol. The van der Waals surface area contributed by atoms with Gasteiger partial charge in [0.05, 0.1) is 24.5 Å². The molecule has 7 nitrogen and oxygen atoms in total. The summed E-state index contributed by atoms with van der Waals surface area (Å²) in [5, 5.41) is 4.18. The SMILES string of the molecule is CCOC(=O)C1CCCN(C(=O)CNc2nc(C)nc3sc(C)c(C)c23)C1. The minimum Gasteiger partial charge on any atom is -0.466 e. The minimum atomic E-state index is -0.225. The molecule has 1 fully saturated rings. The van der Waals surface area contributed by atoms with Gasteiger partial charge in [-0.15, -0.1) is 11.3 Å². The number of hydrogen-bond acceptors (Lipinski definition) is 7. The number of aromatic nitrogens is 2. The summed E-state index contributed by atoms with van der Waals surface area (Å²) in [7, 11) is 0. The molecule has 1 N–H and O–H groups in total. The highest BCUT2D eigenvalue weighted by molar-refractivity contribution is 7.18. The third-order valence-electron chi connectivity index (χ3n) is 4.94. The Bertz CT molecular complexity index is 864. The molecule has 3 heterocycles. The van der Waals surface area contributed by atoms with Crippen molar-refractivity contribution >= 4 is 39.2 Å². The highest BCUT2D eigenvalue weighted by Gasteiger charge is 2.29. The Morgan fingerprint density at radius 2 is 2.07 bits per heavy atom. The number of rotatable bonds is 5. The van der Waals surface area contributed by atoms with Crippen LogP contribution in [0.4, 0.5) is 5.82 Å². The third kappa shape index (κ3) is 4.21. The number of anilines is 1. The van der Waals surface area contributed by atoms with Gasteiger partial charge in [0.15, 0.2) is 0 Å². The van der Waals surface area contributed by atoms with Crippen LogP contribution >= 0.6 is 11.3 Å². The van der Waals surface area contributed by atoms with Crippen LogP contribution in [-0.2, 0) is 14.3 Å². The van der Waals surface area contributed by atoms with Crippen LogP contribution in [0.1, 0.15) is 36.0 Å². The second-order valence-electron chi connectivity index (χ2n) is 6.87. The molecule has 0 aliphatic carbocycles. The maximum atomic E-state index is 12.7. The fourth-order valence-corrected chi connectivity index (χ4v) is 4.49. The van der Waals surface area contributed by atoms with Crippen LogP contribution in [0.3, 0.4) is 0 Å². The molecule has 8 heteroatoms. The number of hydrogen-bond donors (Lipinski definition) is 1. The number of ether oxygens (including phenoxy) is 1. The van der Waals surface area contributed by atoms with Crippen LogP contribution in [0.2, 0.25) is 0 Å². The first-order valence-corrected chi connectivity index (χ1v) is 10.1. The van der Waals surface area contributed by atoms with Crippen LogP contribution in [0.15, 0.2) is 0 Å². The molecule has 0 bridgehead atoms. The molecule has 0 spiro atoms. The second kappa shape index (κ2) is 8.21. The van der Waals surface area contributed by atoms with E-state index in [1.54, 1.807) is 23.2 Å². The molecule has 2 aromatic heterocycles. The molecule has 1 unspecified atom stereocenters. The number of nitrogens with one attached hydrogen (secondary N) is 1. The molecule has 0 saturated carbocycles. The normalized spacial score (nSPS) is 17.2. The Morgan fingerprint density at radius 1 is 1.30 bits per heavy atom. The lowest BCUT2D eigenvalue weighted by atomic mass is 9.98. The first-order valence-electron chi connectivity index (χ1n) is 9.33. The highest BCUT2D eigenvalue weighted by Crippen LogP contribution is 2.33. The quantitative estimate of drug-likeness (QED) is 0.791. The van der Waals surface area contributed by atoms with Gasteiger partial charge in [-0.1, -0.05) is 0 Å².